The van der Waals surface area contributed by atoms with Gasteiger partial charge in [0, 0.05) is 20.1 Å². The molecule has 1 saturated heterocycles. The van der Waals surface area contributed by atoms with Crippen molar-refractivity contribution in [2.45, 2.75) is 12.5 Å². The molecule has 0 radical (unpaired) electrons. The molecule has 6 heteroatoms. The quantitative estimate of drug-likeness (QED) is 0.742. The van der Waals surface area contributed by atoms with Crippen LogP contribution in [0.3, 0.4) is 0 Å². The molecule has 1 heterocycles. The molecular formula is C14H19N3O3. The van der Waals surface area contributed by atoms with Crippen LogP contribution in [-0.2, 0) is 9.53 Å². The minimum absolute atomic E-state index is 0.115. The molecule has 0 saturated carbocycles. The number of amides is 2. The first kappa shape index (κ1) is 14.5. The standard InChI is InChI=1S/C14H19N3O3/c1-15-14(19)11-4-2-3-5-12(11)17-13(18)8-10-9-16-6-7-20-10/h2-5,10,16H,6-9H2,1H3,(H,15,19)(H,17,18). The lowest BCUT2D eigenvalue weighted by Crippen LogP contribution is -2.40. The van der Waals surface area contributed by atoms with Crippen molar-refractivity contribution in [1.82, 2.24) is 10.6 Å². The van der Waals surface area contributed by atoms with Crippen LogP contribution in [0.4, 0.5) is 5.69 Å². The van der Waals surface area contributed by atoms with Crippen LogP contribution in [0.5, 0.6) is 0 Å². The predicted octanol–water partition coefficient (Wildman–Crippen LogP) is 0.363. The molecule has 2 amide bonds. The second-order valence-corrected chi connectivity index (χ2v) is 4.57. The molecule has 0 bridgehead atoms. The summed E-state index contributed by atoms with van der Waals surface area (Å²) in [7, 11) is 1.56. The van der Waals surface area contributed by atoms with Gasteiger partial charge >= 0.3 is 0 Å². The molecule has 1 unspecified atom stereocenters. The Morgan fingerprint density at radius 1 is 1.40 bits per heavy atom. The fourth-order valence-corrected chi connectivity index (χ4v) is 2.08. The second-order valence-electron chi connectivity index (χ2n) is 4.57. The van der Waals surface area contributed by atoms with E-state index in [0.29, 0.717) is 24.4 Å². The molecule has 1 aliphatic heterocycles. The Morgan fingerprint density at radius 3 is 2.90 bits per heavy atom. The third-order valence-corrected chi connectivity index (χ3v) is 3.09. The van der Waals surface area contributed by atoms with Gasteiger partial charge in [-0.1, -0.05) is 12.1 Å². The van der Waals surface area contributed by atoms with Gasteiger partial charge in [0.05, 0.1) is 30.4 Å². The number of morpholine rings is 1. The van der Waals surface area contributed by atoms with Crippen LogP contribution >= 0.6 is 0 Å². The summed E-state index contributed by atoms with van der Waals surface area (Å²) < 4.78 is 5.48. The first-order valence-corrected chi connectivity index (χ1v) is 6.64. The van der Waals surface area contributed by atoms with Crippen LogP contribution in [0, 0.1) is 0 Å². The summed E-state index contributed by atoms with van der Waals surface area (Å²) >= 11 is 0. The van der Waals surface area contributed by atoms with Crippen molar-refractivity contribution < 1.29 is 14.3 Å². The summed E-state index contributed by atoms with van der Waals surface area (Å²) in [5, 5.41) is 8.49. The van der Waals surface area contributed by atoms with Gasteiger partial charge in [-0.25, -0.2) is 0 Å². The van der Waals surface area contributed by atoms with Gasteiger partial charge in [0.2, 0.25) is 5.91 Å². The van der Waals surface area contributed by atoms with Crippen LogP contribution in [0.25, 0.3) is 0 Å². The van der Waals surface area contributed by atoms with Crippen LogP contribution in [0.1, 0.15) is 16.8 Å². The van der Waals surface area contributed by atoms with Gasteiger partial charge in [0.15, 0.2) is 0 Å². The Hall–Kier alpha value is -1.92. The van der Waals surface area contributed by atoms with E-state index in [1.54, 1.807) is 31.3 Å². The molecule has 3 N–H and O–H groups in total. The van der Waals surface area contributed by atoms with Crippen LogP contribution < -0.4 is 16.0 Å². The number of hydrogen-bond acceptors (Lipinski definition) is 4. The molecule has 108 valence electrons. The number of carbonyl (C=O) groups excluding carboxylic acids is 2. The maximum absolute atomic E-state index is 12.0. The fourth-order valence-electron chi connectivity index (χ4n) is 2.08. The minimum Gasteiger partial charge on any atom is -0.375 e. The zero-order valence-electron chi connectivity index (χ0n) is 11.4. The van der Waals surface area contributed by atoms with E-state index in [4.69, 9.17) is 4.74 Å². The van der Waals surface area contributed by atoms with E-state index in [2.05, 4.69) is 16.0 Å². The number of benzene rings is 1. The average Bonchev–Trinajstić information content (AvgIpc) is 2.48. The van der Waals surface area contributed by atoms with Crippen molar-refractivity contribution in [3.05, 3.63) is 29.8 Å². The van der Waals surface area contributed by atoms with E-state index >= 15 is 0 Å². The summed E-state index contributed by atoms with van der Waals surface area (Å²) in [5.41, 5.74) is 0.964. The number of hydrogen-bond donors (Lipinski definition) is 3. The number of anilines is 1. The number of rotatable bonds is 4. The number of nitrogens with one attached hydrogen (secondary N) is 3. The van der Waals surface area contributed by atoms with Crippen molar-refractivity contribution >= 4 is 17.5 Å². The summed E-state index contributed by atoms with van der Waals surface area (Å²) in [5.74, 6) is -0.383. The minimum atomic E-state index is -0.225. The molecule has 2 rings (SSSR count). The van der Waals surface area contributed by atoms with Gasteiger partial charge in [0.25, 0.3) is 5.91 Å². The molecule has 6 nitrogen and oxygen atoms in total. The first-order chi connectivity index (χ1) is 9.70. The molecular weight excluding hydrogens is 258 g/mol. The summed E-state index contributed by atoms with van der Waals surface area (Å²) in [6.45, 7) is 2.11. The van der Waals surface area contributed by atoms with Crippen LogP contribution in [0.2, 0.25) is 0 Å². The zero-order chi connectivity index (χ0) is 14.4. The van der Waals surface area contributed by atoms with E-state index in [1.807, 2.05) is 0 Å². The SMILES string of the molecule is CNC(=O)c1ccccc1NC(=O)CC1CNCCO1. The topological polar surface area (TPSA) is 79.5 Å². The Labute approximate surface area is 117 Å². The highest BCUT2D eigenvalue weighted by Gasteiger charge is 2.18. The molecule has 0 spiro atoms. The van der Waals surface area contributed by atoms with Gasteiger partial charge < -0.3 is 20.7 Å². The molecule has 0 aliphatic carbocycles. The van der Waals surface area contributed by atoms with Gasteiger partial charge in [0.1, 0.15) is 0 Å². The zero-order valence-corrected chi connectivity index (χ0v) is 11.4. The lowest BCUT2D eigenvalue weighted by molar-refractivity contribution is -0.119. The second kappa shape index (κ2) is 7.02. The van der Waals surface area contributed by atoms with E-state index in [9.17, 15) is 9.59 Å². The molecule has 1 fully saturated rings. The number of carbonyl (C=O) groups is 2. The van der Waals surface area contributed by atoms with Gasteiger partial charge in [-0.3, -0.25) is 9.59 Å². The summed E-state index contributed by atoms with van der Waals surface area (Å²) in [6, 6.07) is 6.92. The summed E-state index contributed by atoms with van der Waals surface area (Å²) in [6.07, 6.45) is 0.158. The van der Waals surface area contributed by atoms with Crippen molar-refractivity contribution in [2.24, 2.45) is 0 Å². The fraction of sp³-hybridized carbons (Fsp3) is 0.429. The lowest BCUT2D eigenvalue weighted by Gasteiger charge is -2.23. The monoisotopic (exact) mass is 277 g/mol. The highest BCUT2D eigenvalue weighted by atomic mass is 16.5. The van der Waals surface area contributed by atoms with E-state index in [-0.39, 0.29) is 24.3 Å². The van der Waals surface area contributed by atoms with Gasteiger partial charge in [-0.05, 0) is 12.1 Å². The van der Waals surface area contributed by atoms with Crippen LogP contribution in [-0.4, -0.2) is 44.7 Å². The molecule has 1 aromatic rings. The van der Waals surface area contributed by atoms with E-state index in [1.165, 1.54) is 0 Å². The lowest BCUT2D eigenvalue weighted by atomic mass is 10.1. The Morgan fingerprint density at radius 2 is 2.20 bits per heavy atom. The highest BCUT2D eigenvalue weighted by molar-refractivity contribution is 6.03. The van der Waals surface area contributed by atoms with Crippen molar-refractivity contribution in [3.8, 4) is 0 Å². The Bertz CT molecular complexity index is 484. The van der Waals surface area contributed by atoms with Gasteiger partial charge in [-0.2, -0.15) is 0 Å². The average molecular weight is 277 g/mol. The molecule has 1 aromatic carbocycles. The Kier molecular flexibility index (Phi) is 5.09. The maximum atomic E-state index is 12.0. The summed E-state index contributed by atoms with van der Waals surface area (Å²) in [4.78, 5) is 23.7. The number of ether oxygens (including phenoxy) is 1. The van der Waals surface area contributed by atoms with Gasteiger partial charge in [-0.15, -0.1) is 0 Å². The predicted molar refractivity (Wildman–Crippen MR) is 75.7 cm³/mol. The largest absolute Gasteiger partial charge is 0.375 e. The molecule has 20 heavy (non-hydrogen) atoms. The Balaban J connectivity index is 1.98. The van der Waals surface area contributed by atoms with E-state index in [0.717, 1.165) is 6.54 Å². The molecule has 1 aliphatic rings. The maximum Gasteiger partial charge on any atom is 0.253 e. The third kappa shape index (κ3) is 3.79. The van der Waals surface area contributed by atoms with E-state index < -0.39 is 0 Å². The third-order valence-electron chi connectivity index (χ3n) is 3.09. The molecule has 1 atom stereocenters. The molecule has 0 aromatic heterocycles. The first-order valence-electron chi connectivity index (χ1n) is 6.64. The smallest absolute Gasteiger partial charge is 0.253 e. The normalized spacial score (nSPS) is 18.4. The highest BCUT2D eigenvalue weighted by Crippen LogP contribution is 2.15. The van der Waals surface area contributed by atoms with Crippen LogP contribution in [0.15, 0.2) is 24.3 Å². The van der Waals surface area contributed by atoms with Crippen molar-refractivity contribution in [2.75, 3.05) is 32.1 Å². The van der Waals surface area contributed by atoms with Crippen molar-refractivity contribution in [1.29, 1.82) is 0 Å². The number of para-hydroxylation sites is 1. The van der Waals surface area contributed by atoms with Crippen molar-refractivity contribution in [3.63, 3.8) is 0 Å².